The lowest BCUT2D eigenvalue weighted by atomic mass is 9.87. The van der Waals surface area contributed by atoms with Crippen LogP contribution in [0.15, 0.2) is 52.3 Å². The van der Waals surface area contributed by atoms with Crippen LogP contribution in [0.1, 0.15) is 31.9 Å². The molecule has 136 valence electrons. The molecule has 2 aromatic carbocycles. The minimum atomic E-state index is -3.93. The van der Waals surface area contributed by atoms with Crippen molar-refractivity contribution in [1.82, 2.24) is 0 Å². The predicted octanol–water partition coefficient (Wildman–Crippen LogP) is 2.74. The van der Waals surface area contributed by atoms with E-state index in [9.17, 15) is 16.8 Å². The molecule has 0 spiro atoms. The van der Waals surface area contributed by atoms with Gasteiger partial charge in [-0.3, -0.25) is 4.72 Å². The maximum absolute atomic E-state index is 12.5. The highest BCUT2D eigenvalue weighted by atomic mass is 32.2. The maximum atomic E-state index is 12.5. The van der Waals surface area contributed by atoms with E-state index in [1.165, 1.54) is 30.3 Å². The predicted molar refractivity (Wildman–Crippen MR) is 98.5 cm³/mol. The van der Waals surface area contributed by atoms with Crippen LogP contribution in [0.4, 0.5) is 5.69 Å². The number of nitrogens with two attached hydrogens (primary N) is 1. The van der Waals surface area contributed by atoms with E-state index in [-0.39, 0.29) is 20.9 Å². The van der Waals surface area contributed by atoms with Crippen LogP contribution in [0.25, 0.3) is 0 Å². The number of rotatable bonds is 4. The monoisotopic (exact) mass is 382 g/mol. The smallest absolute Gasteiger partial charge is 0.261 e. The fourth-order valence-electron chi connectivity index (χ4n) is 2.32. The Balaban J connectivity index is 2.36. The number of primary sulfonamides is 1. The third kappa shape index (κ3) is 4.59. The van der Waals surface area contributed by atoms with Gasteiger partial charge in [-0.2, -0.15) is 0 Å². The van der Waals surface area contributed by atoms with Crippen LogP contribution < -0.4 is 9.86 Å². The molecule has 3 N–H and O–H groups in total. The van der Waals surface area contributed by atoms with Crippen molar-refractivity contribution in [1.29, 1.82) is 0 Å². The number of anilines is 1. The number of benzene rings is 2. The van der Waals surface area contributed by atoms with Crippen molar-refractivity contribution < 1.29 is 16.8 Å². The third-order valence-corrected chi connectivity index (χ3v) is 6.23. The molecule has 2 aromatic rings. The van der Waals surface area contributed by atoms with Gasteiger partial charge in [0.25, 0.3) is 10.0 Å². The molecule has 0 aliphatic carbocycles. The molecule has 0 aliphatic rings. The lowest BCUT2D eigenvalue weighted by Gasteiger charge is -2.19. The fourth-order valence-corrected chi connectivity index (χ4v) is 4.18. The normalized spacial score (nSPS) is 12.8. The minimum Gasteiger partial charge on any atom is -0.280 e. The van der Waals surface area contributed by atoms with E-state index in [1.807, 2.05) is 20.8 Å². The zero-order chi connectivity index (χ0) is 19.0. The molecule has 0 unspecified atom stereocenters. The molecule has 0 heterocycles. The Morgan fingerprint density at radius 3 is 1.96 bits per heavy atom. The molecular weight excluding hydrogens is 360 g/mol. The van der Waals surface area contributed by atoms with Crippen molar-refractivity contribution in [3.8, 4) is 0 Å². The number of sulfonamides is 2. The zero-order valence-electron chi connectivity index (χ0n) is 14.6. The summed E-state index contributed by atoms with van der Waals surface area (Å²) < 4.78 is 50.6. The van der Waals surface area contributed by atoms with Gasteiger partial charge < -0.3 is 0 Å². The van der Waals surface area contributed by atoms with Gasteiger partial charge in [0.1, 0.15) is 0 Å². The van der Waals surface area contributed by atoms with Crippen LogP contribution in [0.5, 0.6) is 0 Å². The lowest BCUT2D eigenvalue weighted by Crippen LogP contribution is -2.17. The first-order valence-electron chi connectivity index (χ1n) is 7.57. The van der Waals surface area contributed by atoms with Gasteiger partial charge >= 0.3 is 0 Å². The summed E-state index contributed by atoms with van der Waals surface area (Å²) in [5, 5.41) is 5.15. The van der Waals surface area contributed by atoms with Gasteiger partial charge in [-0.15, -0.1) is 0 Å². The second kappa shape index (κ2) is 6.44. The first-order chi connectivity index (χ1) is 11.3. The Hall–Kier alpha value is -1.90. The summed E-state index contributed by atoms with van der Waals surface area (Å²) in [5.74, 6) is 0. The van der Waals surface area contributed by atoms with Crippen LogP contribution in [0.3, 0.4) is 0 Å². The molecule has 0 saturated carbocycles. The van der Waals surface area contributed by atoms with E-state index < -0.39 is 20.0 Å². The van der Waals surface area contributed by atoms with Gasteiger partial charge in [0.2, 0.25) is 10.0 Å². The zero-order valence-corrected chi connectivity index (χ0v) is 16.2. The molecule has 0 amide bonds. The molecule has 25 heavy (non-hydrogen) atoms. The molecule has 0 atom stereocenters. The molecule has 0 bridgehead atoms. The van der Waals surface area contributed by atoms with Gasteiger partial charge in [-0.25, -0.2) is 22.0 Å². The average Bonchev–Trinajstić information content (AvgIpc) is 2.47. The Morgan fingerprint density at radius 1 is 0.920 bits per heavy atom. The second-order valence-corrected chi connectivity index (χ2v) is 10.1. The van der Waals surface area contributed by atoms with Crippen molar-refractivity contribution in [3.05, 3.63) is 53.6 Å². The van der Waals surface area contributed by atoms with Gasteiger partial charge in [-0.05, 0) is 47.7 Å². The van der Waals surface area contributed by atoms with Crippen LogP contribution >= 0.6 is 0 Å². The highest BCUT2D eigenvalue weighted by Crippen LogP contribution is 2.25. The van der Waals surface area contributed by atoms with Crippen molar-refractivity contribution in [2.75, 3.05) is 4.72 Å². The quantitative estimate of drug-likeness (QED) is 0.848. The topological polar surface area (TPSA) is 106 Å². The molecule has 6 nitrogen and oxygen atoms in total. The van der Waals surface area contributed by atoms with Crippen molar-refractivity contribution >= 4 is 25.7 Å². The second-order valence-electron chi connectivity index (χ2n) is 6.91. The summed E-state index contributed by atoms with van der Waals surface area (Å²) in [6, 6.07) is 10.8. The van der Waals surface area contributed by atoms with Crippen molar-refractivity contribution in [2.45, 2.75) is 42.9 Å². The molecule has 0 aliphatic heterocycles. The Kier molecular flexibility index (Phi) is 5.00. The summed E-state index contributed by atoms with van der Waals surface area (Å²) in [6.07, 6.45) is 0. The first-order valence-corrected chi connectivity index (χ1v) is 10.6. The van der Waals surface area contributed by atoms with Gasteiger partial charge in [0.15, 0.2) is 0 Å². The Bertz CT molecular complexity index is 988. The van der Waals surface area contributed by atoms with E-state index in [4.69, 9.17) is 5.14 Å². The Labute approximate surface area is 149 Å². The van der Waals surface area contributed by atoms with E-state index >= 15 is 0 Å². The van der Waals surface area contributed by atoms with E-state index in [0.29, 0.717) is 5.56 Å². The molecule has 0 aromatic heterocycles. The van der Waals surface area contributed by atoms with E-state index in [0.717, 1.165) is 5.56 Å². The molecule has 0 saturated heterocycles. The molecular formula is C17H22N2O4S2. The summed E-state index contributed by atoms with van der Waals surface area (Å²) >= 11 is 0. The molecule has 0 fully saturated rings. The number of nitrogens with one attached hydrogen (secondary N) is 1. The fraction of sp³-hybridized carbons (Fsp3) is 0.294. The minimum absolute atomic E-state index is 0.0862. The van der Waals surface area contributed by atoms with E-state index in [2.05, 4.69) is 4.72 Å². The van der Waals surface area contributed by atoms with Crippen molar-refractivity contribution in [3.63, 3.8) is 0 Å². The summed E-state index contributed by atoms with van der Waals surface area (Å²) in [4.78, 5) is -0.0194. The lowest BCUT2D eigenvalue weighted by molar-refractivity contribution is 0.587. The Morgan fingerprint density at radius 2 is 1.48 bits per heavy atom. The van der Waals surface area contributed by atoms with E-state index in [1.54, 1.807) is 19.1 Å². The van der Waals surface area contributed by atoms with Crippen LogP contribution in [-0.2, 0) is 25.5 Å². The van der Waals surface area contributed by atoms with Crippen molar-refractivity contribution in [2.24, 2.45) is 5.14 Å². The third-order valence-electron chi connectivity index (χ3n) is 3.78. The van der Waals surface area contributed by atoms with Crippen LogP contribution in [0, 0.1) is 6.92 Å². The summed E-state index contributed by atoms with van der Waals surface area (Å²) in [7, 11) is -7.77. The van der Waals surface area contributed by atoms with Gasteiger partial charge in [0, 0.05) is 0 Å². The largest absolute Gasteiger partial charge is 0.280 e. The summed E-state index contributed by atoms with van der Waals surface area (Å²) in [6.45, 7) is 7.70. The SMILES string of the molecule is Cc1ccc(NS(=O)(=O)c2ccc(C(C)(C)C)cc2)cc1S(N)(=O)=O. The van der Waals surface area contributed by atoms with Crippen LogP contribution in [-0.4, -0.2) is 16.8 Å². The van der Waals surface area contributed by atoms with Gasteiger partial charge in [0.05, 0.1) is 15.5 Å². The summed E-state index contributed by atoms with van der Waals surface area (Å²) in [5.41, 5.74) is 1.50. The number of hydrogen-bond donors (Lipinski definition) is 2. The maximum Gasteiger partial charge on any atom is 0.261 e. The first kappa shape index (κ1) is 19.4. The highest BCUT2D eigenvalue weighted by molar-refractivity contribution is 7.92. The molecule has 0 radical (unpaired) electrons. The number of aryl methyl sites for hydroxylation is 1. The standard InChI is InChI=1S/C17H22N2O4S2/c1-12-5-8-14(11-16(12)24(18,20)21)19-25(22,23)15-9-6-13(7-10-15)17(2,3)4/h5-11,19H,1-4H3,(H2,18,20,21). The highest BCUT2D eigenvalue weighted by Gasteiger charge is 2.19. The average molecular weight is 383 g/mol. The molecule has 2 rings (SSSR count). The van der Waals surface area contributed by atoms with Crippen LogP contribution in [0.2, 0.25) is 0 Å². The molecule has 8 heteroatoms. The van der Waals surface area contributed by atoms with Gasteiger partial charge in [-0.1, -0.05) is 39.0 Å². The number of hydrogen-bond acceptors (Lipinski definition) is 4.